The molecule has 3 aromatic rings. The van der Waals surface area contributed by atoms with E-state index in [1.54, 1.807) is 6.07 Å². The molecule has 3 rings (SSSR count). The third kappa shape index (κ3) is 4.67. The minimum Gasteiger partial charge on any atom is -0.489 e. The van der Waals surface area contributed by atoms with Crippen LogP contribution in [-0.2, 0) is 6.18 Å². The Kier molecular flexibility index (Phi) is 5.56. The predicted molar refractivity (Wildman–Crippen MR) is 108 cm³/mol. The molecule has 0 atom stereocenters. The molecule has 0 saturated heterocycles. The number of alkyl halides is 3. The van der Waals surface area contributed by atoms with E-state index in [1.807, 2.05) is 51.1 Å². The normalized spacial score (nSPS) is 12.4. The van der Waals surface area contributed by atoms with E-state index < -0.39 is 17.3 Å². The first kappa shape index (κ1) is 19.8. The van der Waals surface area contributed by atoms with Crippen molar-refractivity contribution in [3.8, 4) is 16.2 Å². The largest absolute Gasteiger partial charge is 0.489 e. The zero-order chi connectivity index (χ0) is 19.7. The van der Waals surface area contributed by atoms with Crippen molar-refractivity contribution in [1.82, 2.24) is 0 Å². The Hall–Kier alpha value is -1.95. The van der Waals surface area contributed by atoms with Gasteiger partial charge in [-0.25, -0.2) is 0 Å². The van der Waals surface area contributed by atoms with Crippen molar-refractivity contribution in [1.29, 1.82) is 0 Å². The fraction of sp³-hybridized carbons (Fsp3) is 0.333. The lowest BCUT2D eigenvalue weighted by Crippen LogP contribution is -2.29. The molecule has 0 aliphatic rings. The molecule has 27 heavy (non-hydrogen) atoms. The van der Waals surface area contributed by atoms with Crippen LogP contribution in [-0.4, -0.2) is 12.9 Å². The average Bonchev–Trinajstić information content (AvgIpc) is 3.03. The number of benzene rings is 2. The molecule has 1 aromatic heterocycles. The number of ether oxygens (including phenoxy) is 1. The van der Waals surface area contributed by atoms with E-state index in [-0.39, 0.29) is 11.3 Å². The summed E-state index contributed by atoms with van der Waals surface area (Å²) in [6.07, 6.45) is -2.89. The summed E-state index contributed by atoms with van der Waals surface area (Å²) in [5, 5.41) is 0.946. The Bertz CT molecular complexity index is 898. The van der Waals surface area contributed by atoms with Gasteiger partial charge in [0.05, 0.1) is 11.2 Å². The van der Waals surface area contributed by atoms with Gasteiger partial charge in [0, 0.05) is 15.1 Å². The second-order valence-corrected chi connectivity index (χ2v) is 8.20. The highest BCUT2D eigenvalue weighted by Gasteiger charge is 2.35. The van der Waals surface area contributed by atoms with Crippen molar-refractivity contribution in [3.63, 3.8) is 0 Å². The van der Waals surface area contributed by atoms with Crippen molar-refractivity contribution in [2.75, 3.05) is 0 Å². The molecule has 1 nitrogen and oxygen atoms in total. The van der Waals surface area contributed by atoms with Gasteiger partial charge in [-0.3, -0.25) is 0 Å². The van der Waals surface area contributed by atoms with Gasteiger partial charge in [0.1, 0.15) is 13.0 Å². The molecule has 0 unspecified atom stereocenters. The molecule has 1 radical (unpaired) electrons. The lowest BCUT2D eigenvalue weighted by atomic mass is 9.66. The van der Waals surface area contributed by atoms with Crippen molar-refractivity contribution in [2.24, 2.45) is 0 Å². The van der Waals surface area contributed by atoms with Crippen molar-refractivity contribution < 1.29 is 17.9 Å². The van der Waals surface area contributed by atoms with E-state index in [1.165, 1.54) is 17.4 Å². The van der Waals surface area contributed by atoms with Crippen LogP contribution in [0.15, 0.2) is 48.5 Å². The predicted octanol–water partition coefficient (Wildman–Crippen LogP) is 7.31. The summed E-state index contributed by atoms with van der Waals surface area (Å²) in [5.74, 6) is 0.238. The molecule has 2 aromatic carbocycles. The molecular weight excluding hydrogens is 368 g/mol. The van der Waals surface area contributed by atoms with Gasteiger partial charge in [0.2, 0.25) is 0 Å². The zero-order valence-electron chi connectivity index (χ0n) is 15.6. The van der Waals surface area contributed by atoms with Crippen molar-refractivity contribution >= 4 is 28.7 Å². The summed E-state index contributed by atoms with van der Waals surface area (Å²) in [4.78, 5) is 0.605. The van der Waals surface area contributed by atoms with Crippen LogP contribution in [0, 0.1) is 0 Å². The number of halogens is 3. The quantitative estimate of drug-likeness (QED) is 0.402. The molecule has 6 heteroatoms. The van der Waals surface area contributed by atoms with Gasteiger partial charge < -0.3 is 4.74 Å². The highest BCUT2D eigenvalue weighted by molar-refractivity contribution is 7.22. The van der Waals surface area contributed by atoms with Gasteiger partial charge in [0.15, 0.2) is 0 Å². The standard InChI is InChI=1S/C21H21BF3OS/c1-4-22-13-20(2,3)26-15-9-10-16(17(12-15)21(23,24)25)19-11-14-7-5-6-8-18(14)27-19/h5-12H,4,13H2,1-3H3. The van der Waals surface area contributed by atoms with E-state index >= 15 is 0 Å². The number of rotatable bonds is 6. The first-order valence-corrected chi connectivity index (χ1v) is 9.72. The van der Waals surface area contributed by atoms with E-state index in [0.29, 0.717) is 11.2 Å². The molecule has 0 N–H and O–H groups in total. The topological polar surface area (TPSA) is 9.23 Å². The van der Waals surface area contributed by atoms with E-state index in [4.69, 9.17) is 4.74 Å². The van der Waals surface area contributed by atoms with Crippen LogP contribution in [0.2, 0.25) is 12.6 Å². The summed E-state index contributed by atoms with van der Waals surface area (Å²) in [6, 6.07) is 13.7. The maximum absolute atomic E-state index is 13.7. The first-order valence-electron chi connectivity index (χ1n) is 8.90. The van der Waals surface area contributed by atoms with Gasteiger partial charge in [-0.15, -0.1) is 11.3 Å². The molecule has 0 aliphatic carbocycles. The lowest BCUT2D eigenvalue weighted by Gasteiger charge is -2.27. The minimum atomic E-state index is -4.45. The fourth-order valence-corrected chi connectivity index (χ4v) is 4.11. The second kappa shape index (κ2) is 7.59. The number of hydrogen-bond donors (Lipinski definition) is 0. The van der Waals surface area contributed by atoms with Gasteiger partial charge in [-0.05, 0) is 55.9 Å². The maximum atomic E-state index is 13.7. The van der Waals surface area contributed by atoms with E-state index in [0.717, 1.165) is 22.5 Å². The number of thiophene rings is 1. The Morgan fingerprint density at radius 3 is 2.44 bits per heavy atom. The third-order valence-electron chi connectivity index (χ3n) is 4.31. The molecule has 0 fully saturated rings. The third-order valence-corrected chi connectivity index (χ3v) is 5.46. The molecule has 0 amide bonds. The highest BCUT2D eigenvalue weighted by Crippen LogP contribution is 2.43. The first-order chi connectivity index (χ1) is 12.7. The summed E-state index contributed by atoms with van der Waals surface area (Å²) in [6.45, 7) is 5.79. The van der Waals surface area contributed by atoms with Crippen LogP contribution in [0.25, 0.3) is 20.5 Å². The second-order valence-electron chi connectivity index (χ2n) is 7.12. The summed E-state index contributed by atoms with van der Waals surface area (Å²) >= 11 is 1.36. The number of fused-ring (bicyclic) bond motifs is 1. The zero-order valence-corrected chi connectivity index (χ0v) is 16.4. The van der Waals surface area contributed by atoms with Gasteiger partial charge in [0.25, 0.3) is 0 Å². The monoisotopic (exact) mass is 389 g/mol. The van der Waals surface area contributed by atoms with Crippen LogP contribution in [0.4, 0.5) is 13.2 Å². The molecule has 141 valence electrons. The van der Waals surface area contributed by atoms with Gasteiger partial charge in [-0.2, -0.15) is 13.2 Å². The van der Waals surface area contributed by atoms with E-state index in [9.17, 15) is 13.2 Å². The van der Waals surface area contributed by atoms with Crippen molar-refractivity contribution in [2.45, 2.75) is 45.2 Å². The number of hydrogen-bond acceptors (Lipinski definition) is 2. The highest BCUT2D eigenvalue weighted by atomic mass is 32.1. The average molecular weight is 389 g/mol. The molecule has 0 spiro atoms. The fourth-order valence-electron chi connectivity index (χ4n) is 3.00. The van der Waals surface area contributed by atoms with E-state index in [2.05, 4.69) is 7.28 Å². The molecule has 0 aliphatic heterocycles. The van der Waals surface area contributed by atoms with Gasteiger partial charge in [-0.1, -0.05) is 31.4 Å². The SMILES string of the molecule is CC[B]CC(C)(C)Oc1ccc(-c2cc3ccccc3s2)c(C(F)(F)F)c1. The van der Waals surface area contributed by atoms with Crippen LogP contribution in [0.1, 0.15) is 26.3 Å². The van der Waals surface area contributed by atoms with Crippen molar-refractivity contribution in [3.05, 3.63) is 54.1 Å². The molecule has 1 heterocycles. The van der Waals surface area contributed by atoms with Crippen LogP contribution >= 0.6 is 11.3 Å². The smallest absolute Gasteiger partial charge is 0.417 e. The van der Waals surface area contributed by atoms with Crippen LogP contribution in [0.3, 0.4) is 0 Å². The van der Waals surface area contributed by atoms with Crippen LogP contribution in [0.5, 0.6) is 5.75 Å². The Morgan fingerprint density at radius 1 is 1.04 bits per heavy atom. The lowest BCUT2D eigenvalue weighted by molar-refractivity contribution is -0.137. The summed E-state index contributed by atoms with van der Waals surface area (Å²) in [5.41, 5.74) is -1.03. The molecule has 0 saturated carbocycles. The Balaban J connectivity index is 2.00. The summed E-state index contributed by atoms with van der Waals surface area (Å²) < 4.78 is 48.1. The summed E-state index contributed by atoms with van der Waals surface area (Å²) in [7, 11) is 2.07. The maximum Gasteiger partial charge on any atom is 0.417 e. The Labute approximate surface area is 162 Å². The molecule has 0 bridgehead atoms. The van der Waals surface area contributed by atoms with Crippen LogP contribution < -0.4 is 4.74 Å². The minimum absolute atomic E-state index is 0.189. The Morgan fingerprint density at radius 2 is 1.78 bits per heavy atom. The van der Waals surface area contributed by atoms with Gasteiger partial charge >= 0.3 is 6.18 Å². The molecular formula is C21H21BF3OS.